The van der Waals surface area contributed by atoms with E-state index in [4.69, 9.17) is 0 Å². The first-order valence-corrected chi connectivity index (χ1v) is 8.34. The number of sulfonamides is 1. The zero-order chi connectivity index (χ0) is 14.7. The van der Waals surface area contributed by atoms with Crippen LogP contribution >= 0.6 is 0 Å². The van der Waals surface area contributed by atoms with Gasteiger partial charge in [-0.2, -0.15) is 0 Å². The molecular weight excluding hydrogens is 290 g/mol. The third kappa shape index (κ3) is 3.22. The molecule has 0 amide bonds. The molecule has 2 N–H and O–H groups in total. The largest absolute Gasteiger partial charge is 0.385 e. The number of rotatable bonds is 5. The molecule has 1 aliphatic heterocycles. The van der Waals surface area contributed by atoms with Gasteiger partial charge in [0.2, 0.25) is 10.0 Å². The second kappa shape index (κ2) is 5.82. The molecule has 0 saturated carbocycles. The quantitative estimate of drug-likeness (QED) is 0.845. The van der Waals surface area contributed by atoms with Crippen molar-refractivity contribution in [1.82, 2.24) is 19.7 Å². The third-order valence-corrected chi connectivity index (χ3v) is 4.89. The van der Waals surface area contributed by atoms with Crippen LogP contribution in [0.5, 0.6) is 0 Å². The molecule has 7 nitrogen and oxygen atoms in total. The summed E-state index contributed by atoms with van der Waals surface area (Å²) in [6.07, 6.45) is 5.32. The Morgan fingerprint density at radius 2 is 2.29 bits per heavy atom. The van der Waals surface area contributed by atoms with Crippen LogP contribution in [0.4, 0.5) is 5.69 Å². The lowest BCUT2D eigenvalue weighted by Gasteiger charge is -2.18. The molecule has 0 bridgehead atoms. The Balaban J connectivity index is 1.69. The van der Waals surface area contributed by atoms with Gasteiger partial charge >= 0.3 is 0 Å². The average molecular weight is 307 g/mol. The third-order valence-electron chi connectivity index (χ3n) is 3.43. The summed E-state index contributed by atoms with van der Waals surface area (Å²) in [5.41, 5.74) is 2.09. The molecule has 0 radical (unpaired) electrons. The minimum Gasteiger partial charge on any atom is -0.385 e. The molecule has 1 aromatic carbocycles. The zero-order valence-electron chi connectivity index (χ0n) is 11.5. The van der Waals surface area contributed by atoms with Crippen molar-refractivity contribution < 1.29 is 8.42 Å². The summed E-state index contributed by atoms with van der Waals surface area (Å²) in [5.74, 6) is 0. The minimum atomic E-state index is -3.50. The van der Waals surface area contributed by atoms with E-state index in [0.29, 0.717) is 6.54 Å². The Hall–Kier alpha value is -1.93. The van der Waals surface area contributed by atoms with E-state index in [1.165, 1.54) is 5.56 Å². The molecule has 2 heterocycles. The van der Waals surface area contributed by atoms with Crippen LogP contribution in [0.3, 0.4) is 0 Å². The lowest BCUT2D eigenvalue weighted by Crippen LogP contribution is -2.28. The number of benzene rings is 1. The Labute approximate surface area is 123 Å². The molecule has 1 aromatic heterocycles. The number of aryl methyl sites for hydroxylation is 1. The molecule has 3 rings (SSSR count). The number of anilines is 1. The molecule has 0 unspecified atom stereocenters. The smallest absolute Gasteiger partial charge is 0.240 e. The molecule has 2 aromatic rings. The van der Waals surface area contributed by atoms with Gasteiger partial charge < -0.3 is 5.32 Å². The fourth-order valence-corrected chi connectivity index (χ4v) is 3.38. The minimum absolute atomic E-state index is 0.274. The van der Waals surface area contributed by atoms with Gasteiger partial charge in [0.05, 0.1) is 17.6 Å². The van der Waals surface area contributed by atoms with Crippen molar-refractivity contribution in [1.29, 1.82) is 0 Å². The van der Waals surface area contributed by atoms with Gasteiger partial charge in [-0.05, 0) is 30.5 Å². The van der Waals surface area contributed by atoms with Gasteiger partial charge in [-0.1, -0.05) is 11.3 Å². The Morgan fingerprint density at radius 1 is 1.38 bits per heavy atom. The predicted octanol–water partition coefficient (Wildman–Crippen LogP) is 0.615. The SMILES string of the molecule is O=S(=O)(NCCn1ccnn1)c1ccc2c(c1)NCCC2. The first-order chi connectivity index (χ1) is 10.1. The second-order valence-corrected chi connectivity index (χ2v) is 6.68. The van der Waals surface area contributed by atoms with Crippen LogP contribution in [0.15, 0.2) is 35.5 Å². The summed E-state index contributed by atoms with van der Waals surface area (Å²) in [4.78, 5) is 0.286. The fraction of sp³-hybridized carbons (Fsp3) is 0.385. The standard InChI is InChI=1S/C13H17N5O2S/c19-21(20,16-7-9-18-8-6-15-17-18)12-4-3-11-2-1-5-14-13(11)10-12/h3-4,6,8,10,14,16H,1-2,5,7,9H2. The maximum atomic E-state index is 12.3. The summed E-state index contributed by atoms with van der Waals surface area (Å²) in [5, 5.41) is 10.7. The van der Waals surface area contributed by atoms with Crippen molar-refractivity contribution >= 4 is 15.7 Å². The topological polar surface area (TPSA) is 88.9 Å². The molecular formula is C13H17N5O2S. The van der Waals surface area contributed by atoms with Crippen LogP contribution in [0.25, 0.3) is 0 Å². The summed E-state index contributed by atoms with van der Waals surface area (Å²) in [6, 6.07) is 5.24. The van der Waals surface area contributed by atoms with E-state index in [-0.39, 0.29) is 11.4 Å². The molecule has 0 spiro atoms. The first kappa shape index (κ1) is 14.0. The van der Waals surface area contributed by atoms with Gasteiger partial charge in [-0.25, -0.2) is 13.1 Å². The van der Waals surface area contributed by atoms with Crippen LogP contribution in [-0.2, 0) is 23.0 Å². The van der Waals surface area contributed by atoms with Crippen molar-refractivity contribution in [3.05, 3.63) is 36.2 Å². The molecule has 21 heavy (non-hydrogen) atoms. The summed E-state index contributed by atoms with van der Waals surface area (Å²) in [7, 11) is -3.50. The average Bonchev–Trinajstić information content (AvgIpc) is 3.00. The highest BCUT2D eigenvalue weighted by Crippen LogP contribution is 2.24. The lowest BCUT2D eigenvalue weighted by atomic mass is 10.0. The molecule has 0 atom stereocenters. The van der Waals surface area contributed by atoms with E-state index < -0.39 is 10.0 Å². The van der Waals surface area contributed by atoms with E-state index in [9.17, 15) is 8.42 Å². The summed E-state index contributed by atoms with van der Waals surface area (Å²) < 4.78 is 28.7. The number of nitrogens with one attached hydrogen (secondary N) is 2. The van der Waals surface area contributed by atoms with Gasteiger partial charge in [0.15, 0.2) is 0 Å². The van der Waals surface area contributed by atoms with Crippen molar-refractivity contribution in [3.63, 3.8) is 0 Å². The highest BCUT2D eigenvalue weighted by molar-refractivity contribution is 7.89. The van der Waals surface area contributed by atoms with Crippen LogP contribution in [0, 0.1) is 0 Å². The number of fused-ring (bicyclic) bond motifs is 1. The number of nitrogens with zero attached hydrogens (tertiary/aromatic N) is 3. The molecule has 8 heteroatoms. The van der Waals surface area contributed by atoms with Crippen molar-refractivity contribution in [3.8, 4) is 0 Å². The predicted molar refractivity (Wildman–Crippen MR) is 78.5 cm³/mol. The lowest BCUT2D eigenvalue weighted by molar-refractivity contribution is 0.553. The van der Waals surface area contributed by atoms with Crippen molar-refractivity contribution in [2.24, 2.45) is 0 Å². The number of hydrogen-bond acceptors (Lipinski definition) is 5. The Bertz CT molecular complexity index is 712. The van der Waals surface area contributed by atoms with E-state index in [2.05, 4.69) is 20.4 Å². The van der Waals surface area contributed by atoms with Crippen LogP contribution in [0.2, 0.25) is 0 Å². The van der Waals surface area contributed by atoms with Gasteiger partial charge in [-0.15, -0.1) is 5.10 Å². The van der Waals surface area contributed by atoms with Crippen molar-refractivity contribution in [2.75, 3.05) is 18.4 Å². The first-order valence-electron chi connectivity index (χ1n) is 6.86. The van der Waals surface area contributed by atoms with Gasteiger partial charge in [0.1, 0.15) is 0 Å². The molecule has 0 aliphatic carbocycles. The van der Waals surface area contributed by atoms with Crippen LogP contribution in [0.1, 0.15) is 12.0 Å². The van der Waals surface area contributed by atoms with Crippen LogP contribution in [-0.4, -0.2) is 36.5 Å². The molecule has 0 fully saturated rings. The van der Waals surface area contributed by atoms with Crippen molar-refractivity contribution in [2.45, 2.75) is 24.3 Å². The maximum Gasteiger partial charge on any atom is 0.240 e. The van der Waals surface area contributed by atoms with E-state index in [1.807, 2.05) is 6.07 Å². The summed E-state index contributed by atoms with van der Waals surface area (Å²) in [6.45, 7) is 1.61. The fourth-order valence-electron chi connectivity index (χ4n) is 2.34. The highest BCUT2D eigenvalue weighted by atomic mass is 32.2. The van der Waals surface area contributed by atoms with Crippen LogP contribution < -0.4 is 10.0 Å². The number of aromatic nitrogens is 3. The second-order valence-electron chi connectivity index (χ2n) is 4.91. The Kier molecular flexibility index (Phi) is 3.89. The molecule has 112 valence electrons. The molecule has 0 saturated heterocycles. The van der Waals surface area contributed by atoms with E-state index in [0.717, 1.165) is 25.1 Å². The van der Waals surface area contributed by atoms with Gasteiger partial charge in [0.25, 0.3) is 0 Å². The van der Waals surface area contributed by atoms with Gasteiger partial charge in [0, 0.05) is 25.0 Å². The van der Waals surface area contributed by atoms with E-state index in [1.54, 1.807) is 29.2 Å². The number of hydrogen-bond donors (Lipinski definition) is 2. The van der Waals surface area contributed by atoms with E-state index >= 15 is 0 Å². The highest BCUT2D eigenvalue weighted by Gasteiger charge is 2.17. The normalized spacial score (nSPS) is 14.5. The monoisotopic (exact) mass is 307 g/mol. The summed E-state index contributed by atoms with van der Waals surface area (Å²) >= 11 is 0. The molecule has 1 aliphatic rings. The Morgan fingerprint density at radius 3 is 3.10 bits per heavy atom. The van der Waals surface area contributed by atoms with Gasteiger partial charge in [-0.3, -0.25) is 4.68 Å². The zero-order valence-corrected chi connectivity index (χ0v) is 12.3. The maximum absolute atomic E-state index is 12.3.